The van der Waals surface area contributed by atoms with Crippen molar-refractivity contribution < 1.29 is 4.39 Å². The van der Waals surface area contributed by atoms with Crippen LogP contribution in [0.25, 0.3) is 0 Å². The molecule has 0 bridgehead atoms. The molecule has 1 atom stereocenters. The second kappa shape index (κ2) is 5.67. The largest absolute Gasteiger partial charge is 0.376 e. The fourth-order valence-corrected chi connectivity index (χ4v) is 2.16. The maximum atomic E-state index is 13.8. The van der Waals surface area contributed by atoms with Crippen LogP contribution >= 0.6 is 27.5 Å². The smallest absolute Gasteiger partial charge is 0.152 e. The summed E-state index contributed by atoms with van der Waals surface area (Å²) in [5.41, 5.74) is 1.27. The molecule has 0 saturated heterocycles. The Hall–Kier alpha value is -1.13. The Kier molecular flexibility index (Phi) is 4.19. The first-order valence-electron chi connectivity index (χ1n) is 5.40. The number of benzene rings is 1. The number of pyridine rings is 1. The zero-order valence-electron chi connectivity index (χ0n) is 9.62. The Morgan fingerprint density at radius 3 is 2.83 bits per heavy atom. The zero-order valence-corrected chi connectivity index (χ0v) is 12.0. The highest BCUT2D eigenvalue weighted by atomic mass is 79.9. The highest BCUT2D eigenvalue weighted by molar-refractivity contribution is 9.10. The Bertz CT molecular complexity index is 562. The predicted molar refractivity (Wildman–Crippen MR) is 75.4 cm³/mol. The molecular weight excluding hydrogens is 319 g/mol. The molecule has 1 aromatic heterocycles. The van der Waals surface area contributed by atoms with E-state index in [9.17, 15) is 4.39 Å². The molecule has 0 amide bonds. The van der Waals surface area contributed by atoms with Gasteiger partial charge in [-0.3, -0.25) is 0 Å². The van der Waals surface area contributed by atoms with Crippen LogP contribution in [-0.2, 0) is 0 Å². The lowest BCUT2D eigenvalue weighted by Gasteiger charge is -2.17. The van der Waals surface area contributed by atoms with E-state index < -0.39 is 0 Å². The Morgan fingerprint density at radius 2 is 2.17 bits per heavy atom. The zero-order chi connectivity index (χ0) is 13.1. The minimum atomic E-state index is -0.260. The second-order valence-corrected chi connectivity index (χ2v) is 5.15. The van der Waals surface area contributed by atoms with Crippen molar-refractivity contribution in [2.24, 2.45) is 0 Å². The van der Waals surface area contributed by atoms with E-state index >= 15 is 0 Å². The van der Waals surface area contributed by atoms with E-state index in [0.717, 1.165) is 4.47 Å². The van der Waals surface area contributed by atoms with E-state index in [-0.39, 0.29) is 11.9 Å². The average Bonchev–Trinajstić information content (AvgIpc) is 2.32. The van der Waals surface area contributed by atoms with Gasteiger partial charge in [0, 0.05) is 16.2 Å². The van der Waals surface area contributed by atoms with Crippen molar-refractivity contribution in [2.45, 2.75) is 13.0 Å². The maximum absolute atomic E-state index is 13.8. The standard InChI is InChI=1S/C13H11BrClFN2/c1-8(10-5-4-9(14)7-11(10)16)18-12-3-2-6-17-13(12)15/h2-8,18H,1H3. The van der Waals surface area contributed by atoms with E-state index in [1.54, 1.807) is 24.4 Å². The molecule has 2 rings (SSSR count). The third-order valence-corrected chi connectivity index (χ3v) is 3.35. The van der Waals surface area contributed by atoms with Crippen molar-refractivity contribution in [3.8, 4) is 0 Å². The molecule has 2 nitrogen and oxygen atoms in total. The lowest BCUT2D eigenvalue weighted by molar-refractivity contribution is 0.599. The highest BCUT2D eigenvalue weighted by Gasteiger charge is 2.12. The number of nitrogens with one attached hydrogen (secondary N) is 1. The van der Waals surface area contributed by atoms with Gasteiger partial charge in [0.25, 0.3) is 0 Å². The monoisotopic (exact) mass is 328 g/mol. The van der Waals surface area contributed by atoms with E-state index in [4.69, 9.17) is 11.6 Å². The lowest BCUT2D eigenvalue weighted by Crippen LogP contribution is -2.09. The normalized spacial score (nSPS) is 12.2. The summed E-state index contributed by atoms with van der Waals surface area (Å²) in [7, 11) is 0. The summed E-state index contributed by atoms with van der Waals surface area (Å²) >= 11 is 9.18. The molecule has 5 heteroatoms. The van der Waals surface area contributed by atoms with Crippen LogP contribution < -0.4 is 5.32 Å². The summed E-state index contributed by atoms with van der Waals surface area (Å²) < 4.78 is 14.5. The topological polar surface area (TPSA) is 24.9 Å². The van der Waals surface area contributed by atoms with Gasteiger partial charge in [-0.1, -0.05) is 33.6 Å². The van der Waals surface area contributed by atoms with Crippen LogP contribution in [0.1, 0.15) is 18.5 Å². The van der Waals surface area contributed by atoms with Gasteiger partial charge in [0.15, 0.2) is 5.15 Å². The molecule has 94 valence electrons. The van der Waals surface area contributed by atoms with Gasteiger partial charge in [-0.15, -0.1) is 0 Å². The molecule has 0 aliphatic heterocycles. The molecular formula is C13H11BrClFN2. The van der Waals surface area contributed by atoms with E-state index in [2.05, 4.69) is 26.2 Å². The first kappa shape index (κ1) is 13.3. The van der Waals surface area contributed by atoms with Gasteiger partial charge in [0.2, 0.25) is 0 Å². The number of aromatic nitrogens is 1. The molecule has 0 spiro atoms. The van der Waals surface area contributed by atoms with Crippen LogP contribution in [0.3, 0.4) is 0 Å². The molecule has 0 radical (unpaired) electrons. The minimum absolute atomic E-state index is 0.195. The molecule has 18 heavy (non-hydrogen) atoms. The molecule has 1 N–H and O–H groups in total. The van der Waals surface area contributed by atoms with Crippen LogP contribution in [-0.4, -0.2) is 4.98 Å². The van der Waals surface area contributed by atoms with Crippen LogP contribution in [0.5, 0.6) is 0 Å². The van der Waals surface area contributed by atoms with Gasteiger partial charge in [0.05, 0.1) is 11.7 Å². The van der Waals surface area contributed by atoms with Crippen molar-refractivity contribution in [3.63, 3.8) is 0 Å². The SMILES string of the molecule is CC(Nc1cccnc1Cl)c1ccc(Br)cc1F. The van der Waals surface area contributed by atoms with Gasteiger partial charge in [-0.25, -0.2) is 9.37 Å². The maximum Gasteiger partial charge on any atom is 0.152 e. The third-order valence-electron chi connectivity index (χ3n) is 2.56. The van der Waals surface area contributed by atoms with Gasteiger partial charge in [-0.2, -0.15) is 0 Å². The van der Waals surface area contributed by atoms with Crippen LogP contribution in [0.4, 0.5) is 10.1 Å². The van der Waals surface area contributed by atoms with Crippen LogP contribution in [0.15, 0.2) is 41.0 Å². The highest BCUT2D eigenvalue weighted by Crippen LogP contribution is 2.26. The van der Waals surface area contributed by atoms with Crippen LogP contribution in [0.2, 0.25) is 5.15 Å². The summed E-state index contributed by atoms with van der Waals surface area (Å²) in [6, 6.07) is 8.38. The number of halogens is 3. The van der Waals surface area contributed by atoms with E-state index in [0.29, 0.717) is 16.4 Å². The Labute approximate surface area is 118 Å². The molecule has 1 aromatic carbocycles. The summed E-state index contributed by atoms with van der Waals surface area (Å²) in [4.78, 5) is 3.96. The molecule has 0 aliphatic carbocycles. The van der Waals surface area contributed by atoms with Crippen LogP contribution in [0, 0.1) is 5.82 Å². The number of hydrogen-bond donors (Lipinski definition) is 1. The number of hydrogen-bond acceptors (Lipinski definition) is 2. The molecule has 0 fully saturated rings. The van der Waals surface area contributed by atoms with E-state index in [1.807, 2.05) is 13.0 Å². The average molecular weight is 330 g/mol. The molecule has 2 aromatic rings. The number of rotatable bonds is 3. The van der Waals surface area contributed by atoms with Crippen molar-refractivity contribution >= 4 is 33.2 Å². The van der Waals surface area contributed by atoms with Crippen molar-refractivity contribution in [2.75, 3.05) is 5.32 Å². The second-order valence-electron chi connectivity index (χ2n) is 3.87. The van der Waals surface area contributed by atoms with Gasteiger partial charge >= 0.3 is 0 Å². The third kappa shape index (κ3) is 3.00. The fourth-order valence-electron chi connectivity index (χ4n) is 1.66. The summed E-state index contributed by atoms with van der Waals surface area (Å²) in [6.07, 6.45) is 1.61. The number of nitrogens with zero attached hydrogens (tertiary/aromatic N) is 1. The summed E-state index contributed by atoms with van der Waals surface area (Å²) in [5, 5.41) is 3.51. The van der Waals surface area contributed by atoms with Gasteiger partial charge < -0.3 is 5.32 Å². The summed E-state index contributed by atoms with van der Waals surface area (Å²) in [6.45, 7) is 1.87. The Balaban J connectivity index is 2.22. The van der Waals surface area contributed by atoms with E-state index in [1.165, 1.54) is 6.07 Å². The summed E-state index contributed by atoms with van der Waals surface area (Å²) in [5.74, 6) is -0.260. The Morgan fingerprint density at radius 1 is 1.39 bits per heavy atom. The molecule has 0 aliphatic rings. The number of anilines is 1. The van der Waals surface area contributed by atoms with Crippen molar-refractivity contribution in [1.29, 1.82) is 0 Å². The fraction of sp³-hybridized carbons (Fsp3) is 0.154. The first-order valence-corrected chi connectivity index (χ1v) is 6.57. The van der Waals surface area contributed by atoms with Crippen molar-refractivity contribution in [1.82, 2.24) is 4.98 Å². The van der Waals surface area contributed by atoms with Gasteiger partial charge in [0.1, 0.15) is 5.82 Å². The van der Waals surface area contributed by atoms with Gasteiger partial charge in [-0.05, 0) is 31.2 Å². The lowest BCUT2D eigenvalue weighted by atomic mass is 10.1. The quantitative estimate of drug-likeness (QED) is 0.817. The minimum Gasteiger partial charge on any atom is -0.376 e. The molecule has 0 saturated carbocycles. The molecule has 1 heterocycles. The molecule has 1 unspecified atom stereocenters. The first-order chi connectivity index (χ1) is 8.58. The van der Waals surface area contributed by atoms with Crippen molar-refractivity contribution in [3.05, 3.63) is 57.5 Å². The predicted octanol–water partition coefficient (Wildman–Crippen LogP) is 4.81.